The van der Waals surface area contributed by atoms with E-state index in [4.69, 9.17) is 24.9 Å². The van der Waals surface area contributed by atoms with E-state index in [9.17, 15) is 0 Å². The van der Waals surface area contributed by atoms with E-state index in [-0.39, 0.29) is 0 Å². The van der Waals surface area contributed by atoms with E-state index in [2.05, 4.69) is 126 Å². The van der Waals surface area contributed by atoms with Gasteiger partial charge in [-0.2, -0.15) is 0 Å². The van der Waals surface area contributed by atoms with Crippen LogP contribution in [-0.2, 0) is 6.42 Å². The highest BCUT2D eigenvalue weighted by atomic mass is 15.0. The minimum absolute atomic E-state index is 0.597. The van der Waals surface area contributed by atoms with Crippen LogP contribution in [0.15, 0.2) is 200 Å². The molecule has 0 unspecified atom stereocenters. The standard InChI is InChI=1S/C55H38N6/c1-5-17-37(18-6-1)49-50(38-19-7-2-8-20-38)57-52(40-33-35-44(36-34-40)61-47-27-15-13-25-45(47)46-26-14-16-28-48(46)61)51(56-49)39-29-31-43(32-30-39)55-59-53(41-21-9-3-10-22-41)58-54(60-55)42-23-11-4-12-24-42/h1-13,15-25,27-36H,14,26H2. The van der Waals surface area contributed by atoms with Gasteiger partial charge in [0, 0.05) is 55.7 Å². The van der Waals surface area contributed by atoms with Crippen LogP contribution in [0, 0.1) is 0 Å². The molecule has 0 saturated heterocycles. The minimum Gasteiger partial charge on any atom is -0.310 e. The fourth-order valence-electron chi connectivity index (χ4n) is 8.38. The molecule has 61 heavy (non-hydrogen) atoms. The fourth-order valence-corrected chi connectivity index (χ4v) is 8.38. The summed E-state index contributed by atoms with van der Waals surface area (Å²) in [5.41, 5.74) is 14.9. The lowest BCUT2D eigenvalue weighted by atomic mass is 9.98. The van der Waals surface area contributed by atoms with Crippen LogP contribution in [0.4, 0.5) is 0 Å². The van der Waals surface area contributed by atoms with Gasteiger partial charge < -0.3 is 4.57 Å². The Morgan fingerprint density at radius 2 is 0.721 bits per heavy atom. The molecule has 7 aromatic carbocycles. The molecule has 288 valence electrons. The molecule has 3 aromatic heterocycles. The van der Waals surface area contributed by atoms with Crippen molar-refractivity contribution in [1.29, 1.82) is 0 Å². The molecule has 0 amide bonds. The SMILES string of the molecule is C1=Cc2c(c3ccccc3n2-c2ccc(-c3nc(-c4ccccc4)c(-c4ccccc4)nc3-c3ccc(-c4nc(-c5ccccc5)nc(-c5ccccc5)n4)cc3)cc2)CC1. The third-order valence-corrected chi connectivity index (χ3v) is 11.4. The van der Waals surface area contributed by atoms with Crippen LogP contribution >= 0.6 is 0 Å². The third kappa shape index (κ3) is 6.80. The van der Waals surface area contributed by atoms with Gasteiger partial charge in [0.1, 0.15) is 0 Å². The Labute approximate surface area is 354 Å². The maximum Gasteiger partial charge on any atom is 0.164 e. The quantitative estimate of drug-likeness (QED) is 0.154. The van der Waals surface area contributed by atoms with Crippen molar-refractivity contribution in [3.63, 3.8) is 0 Å². The first-order chi connectivity index (χ1) is 30.2. The Hall–Kier alpha value is -8.09. The van der Waals surface area contributed by atoms with Crippen LogP contribution in [-0.4, -0.2) is 29.5 Å². The van der Waals surface area contributed by atoms with Crippen molar-refractivity contribution in [1.82, 2.24) is 29.5 Å². The van der Waals surface area contributed by atoms with E-state index in [0.717, 1.165) is 80.2 Å². The summed E-state index contributed by atoms with van der Waals surface area (Å²) in [6.07, 6.45) is 6.66. The monoisotopic (exact) mass is 782 g/mol. The van der Waals surface area contributed by atoms with Crippen LogP contribution in [0.25, 0.3) is 102 Å². The molecule has 0 spiro atoms. The zero-order valence-electron chi connectivity index (χ0n) is 33.2. The summed E-state index contributed by atoms with van der Waals surface area (Å²) < 4.78 is 2.39. The summed E-state index contributed by atoms with van der Waals surface area (Å²) in [5, 5.41) is 1.32. The van der Waals surface area contributed by atoms with Gasteiger partial charge in [0.15, 0.2) is 17.5 Å². The van der Waals surface area contributed by atoms with Crippen LogP contribution in [0.5, 0.6) is 0 Å². The summed E-state index contributed by atoms with van der Waals surface area (Å²) in [7, 11) is 0. The highest BCUT2D eigenvalue weighted by Gasteiger charge is 2.22. The highest BCUT2D eigenvalue weighted by Crippen LogP contribution is 2.39. The Morgan fingerprint density at radius 1 is 0.344 bits per heavy atom. The second-order valence-electron chi connectivity index (χ2n) is 15.2. The lowest BCUT2D eigenvalue weighted by molar-refractivity contribution is 0.967. The zero-order valence-corrected chi connectivity index (χ0v) is 33.2. The first-order valence-electron chi connectivity index (χ1n) is 20.7. The number of rotatable bonds is 8. The molecule has 3 heterocycles. The summed E-state index contributed by atoms with van der Waals surface area (Å²) >= 11 is 0. The molecule has 0 aliphatic heterocycles. The zero-order chi connectivity index (χ0) is 40.5. The number of para-hydroxylation sites is 1. The van der Waals surface area contributed by atoms with E-state index in [1.54, 1.807) is 0 Å². The molecular weight excluding hydrogens is 745 g/mol. The first kappa shape index (κ1) is 36.0. The summed E-state index contributed by atoms with van der Waals surface area (Å²) in [4.78, 5) is 25.9. The van der Waals surface area contributed by atoms with Gasteiger partial charge in [0.05, 0.1) is 28.3 Å². The average molecular weight is 783 g/mol. The van der Waals surface area contributed by atoms with Crippen molar-refractivity contribution < 1.29 is 0 Å². The molecule has 1 aliphatic carbocycles. The molecule has 0 saturated carbocycles. The molecule has 0 atom stereocenters. The molecule has 10 aromatic rings. The molecule has 0 bridgehead atoms. The van der Waals surface area contributed by atoms with Gasteiger partial charge in [0.25, 0.3) is 0 Å². The van der Waals surface area contributed by atoms with Crippen molar-refractivity contribution in [2.75, 3.05) is 0 Å². The first-order valence-corrected chi connectivity index (χ1v) is 20.7. The number of aromatic nitrogens is 6. The largest absolute Gasteiger partial charge is 0.310 e. The number of benzene rings is 7. The van der Waals surface area contributed by atoms with Gasteiger partial charge >= 0.3 is 0 Å². The molecule has 0 radical (unpaired) electrons. The predicted molar refractivity (Wildman–Crippen MR) is 248 cm³/mol. The summed E-state index contributed by atoms with van der Waals surface area (Å²) in [6, 6.07) is 66.7. The Kier molecular flexibility index (Phi) is 9.20. The van der Waals surface area contributed by atoms with Gasteiger partial charge in [-0.1, -0.05) is 182 Å². The van der Waals surface area contributed by atoms with Crippen molar-refractivity contribution in [3.8, 4) is 84.9 Å². The van der Waals surface area contributed by atoms with E-state index in [1.165, 1.54) is 22.2 Å². The van der Waals surface area contributed by atoms with E-state index < -0.39 is 0 Å². The second kappa shape index (κ2) is 15.6. The lowest BCUT2D eigenvalue weighted by Gasteiger charge is -2.17. The normalized spacial score (nSPS) is 12.1. The number of hydrogen-bond donors (Lipinski definition) is 0. The lowest BCUT2D eigenvalue weighted by Crippen LogP contribution is -2.02. The molecule has 0 fully saturated rings. The predicted octanol–water partition coefficient (Wildman–Crippen LogP) is 13.2. The van der Waals surface area contributed by atoms with Crippen LogP contribution in [0.2, 0.25) is 0 Å². The highest BCUT2D eigenvalue weighted by molar-refractivity contribution is 5.91. The molecule has 1 aliphatic rings. The Morgan fingerprint density at radius 3 is 1.21 bits per heavy atom. The maximum absolute atomic E-state index is 5.54. The molecular formula is C55H38N6. The van der Waals surface area contributed by atoms with Gasteiger partial charge in [-0.15, -0.1) is 0 Å². The van der Waals surface area contributed by atoms with E-state index in [1.807, 2.05) is 84.9 Å². The van der Waals surface area contributed by atoms with Crippen LogP contribution < -0.4 is 0 Å². The molecule has 6 heteroatoms. The van der Waals surface area contributed by atoms with E-state index in [0.29, 0.717) is 17.5 Å². The Bertz CT molecular complexity index is 3140. The van der Waals surface area contributed by atoms with Crippen molar-refractivity contribution in [2.24, 2.45) is 0 Å². The van der Waals surface area contributed by atoms with E-state index >= 15 is 0 Å². The van der Waals surface area contributed by atoms with Crippen molar-refractivity contribution in [2.45, 2.75) is 12.8 Å². The number of allylic oxidation sites excluding steroid dienone is 1. The third-order valence-electron chi connectivity index (χ3n) is 11.4. The number of fused-ring (bicyclic) bond motifs is 3. The molecule has 6 nitrogen and oxygen atoms in total. The fraction of sp³-hybridized carbons (Fsp3) is 0.0364. The average Bonchev–Trinajstić information content (AvgIpc) is 3.69. The number of hydrogen-bond acceptors (Lipinski definition) is 5. The number of nitrogens with zero attached hydrogens (tertiary/aromatic N) is 6. The molecule has 11 rings (SSSR count). The maximum atomic E-state index is 5.54. The van der Waals surface area contributed by atoms with Crippen molar-refractivity contribution >= 4 is 17.0 Å². The molecule has 0 N–H and O–H groups in total. The van der Waals surface area contributed by atoms with Gasteiger partial charge in [0.2, 0.25) is 0 Å². The number of aryl methyl sites for hydroxylation is 1. The van der Waals surface area contributed by atoms with Gasteiger partial charge in [-0.25, -0.2) is 24.9 Å². The second-order valence-corrected chi connectivity index (χ2v) is 15.2. The van der Waals surface area contributed by atoms with Crippen LogP contribution in [0.1, 0.15) is 17.7 Å². The Balaban J connectivity index is 1.06. The minimum atomic E-state index is 0.597. The topological polar surface area (TPSA) is 69.4 Å². The van der Waals surface area contributed by atoms with Crippen LogP contribution in [0.3, 0.4) is 0 Å². The summed E-state index contributed by atoms with van der Waals surface area (Å²) in [5.74, 6) is 1.84. The van der Waals surface area contributed by atoms with Crippen molar-refractivity contribution in [3.05, 3.63) is 211 Å². The van der Waals surface area contributed by atoms with Gasteiger partial charge in [-0.05, 0) is 42.7 Å². The summed E-state index contributed by atoms with van der Waals surface area (Å²) in [6.45, 7) is 0. The van der Waals surface area contributed by atoms with Gasteiger partial charge in [-0.3, -0.25) is 0 Å². The smallest absolute Gasteiger partial charge is 0.164 e.